The first-order valence-corrected chi connectivity index (χ1v) is 6.77. The Labute approximate surface area is 119 Å². The first kappa shape index (κ1) is 12.7. The summed E-state index contributed by atoms with van der Waals surface area (Å²) in [6.45, 7) is 4.68. The van der Waals surface area contributed by atoms with Crippen LogP contribution in [0.4, 0.5) is 0 Å². The van der Waals surface area contributed by atoms with Crippen LogP contribution in [0.3, 0.4) is 0 Å². The molecule has 0 aliphatic carbocycles. The second kappa shape index (κ2) is 5.33. The molecule has 100 valence electrons. The van der Waals surface area contributed by atoms with Crippen molar-refractivity contribution >= 4 is 10.8 Å². The van der Waals surface area contributed by atoms with Gasteiger partial charge in [0.15, 0.2) is 0 Å². The van der Waals surface area contributed by atoms with E-state index in [1.807, 2.05) is 31.3 Å². The minimum Gasteiger partial charge on any atom is -0.488 e. The molecule has 0 bridgehead atoms. The zero-order chi connectivity index (χ0) is 13.9. The summed E-state index contributed by atoms with van der Waals surface area (Å²) in [7, 11) is 0. The molecule has 0 saturated carbocycles. The summed E-state index contributed by atoms with van der Waals surface area (Å²) in [5.74, 6) is 0.931. The molecule has 3 aromatic rings. The Hall–Kier alpha value is -2.35. The fourth-order valence-electron chi connectivity index (χ4n) is 2.40. The maximum absolute atomic E-state index is 5.99. The van der Waals surface area contributed by atoms with Crippen molar-refractivity contribution in [2.45, 2.75) is 20.5 Å². The Morgan fingerprint density at radius 1 is 0.950 bits per heavy atom. The average molecular weight is 263 g/mol. The van der Waals surface area contributed by atoms with Crippen molar-refractivity contribution in [1.82, 2.24) is 4.98 Å². The quantitative estimate of drug-likeness (QED) is 0.697. The minimum atomic E-state index is 0.566. The third-order valence-corrected chi connectivity index (χ3v) is 3.46. The van der Waals surface area contributed by atoms with E-state index in [1.165, 1.54) is 16.3 Å². The molecule has 2 nitrogen and oxygen atoms in total. The molecule has 0 saturated heterocycles. The van der Waals surface area contributed by atoms with Crippen molar-refractivity contribution in [3.05, 3.63) is 71.5 Å². The summed E-state index contributed by atoms with van der Waals surface area (Å²) in [5, 5.41) is 2.41. The molecule has 0 radical (unpaired) electrons. The first-order chi connectivity index (χ1) is 9.74. The summed E-state index contributed by atoms with van der Waals surface area (Å²) in [5.41, 5.74) is 3.43. The smallest absolute Gasteiger partial charge is 0.127 e. The van der Waals surface area contributed by atoms with E-state index in [0.29, 0.717) is 6.61 Å². The molecular formula is C18H17NO. The summed E-state index contributed by atoms with van der Waals surface area (Å²) in [6.07, 6.45) is 1.82. The maximum atomic E-state index is 5.99. The molecule has 3 rings (SSSR count). The van der Waals surface area contributed by atoms with Crippen molar-refractivity contribution in [2.75, 3.05) is 0 Å². The standard InChI is InChI=1S/C18H17NO/c1-13-7-8-18(17-6-4-3-5-16(13)17)20-12-15-9-10-19-14(2)11-15/h3-11H,12H2,1-2H3. The number of hydrogen-bond acceptors (Lipinski definition) is 2. The molecule has 0 fully saturated rings. The van der Waals surface area contributed by atoms with Gasteiger partial charge in [0.2, 0.25) is 0 Å². The van der Waals surface area contributed by atoms with Crippen molar-refractivity contribution < 1.29 is 4.74 Å². The van der Waals surface area contributed by atoms with E-state index >= 15 is 0 Å². The van der Waals surface area contributed by atoms with Gasteiger partial charge in [0.25, 0.3) is 0 Å². The molecule has 0 unspecified atom stereocenters. The van der Waals surface area contributed by atoms with Crippen LogP contribution >= 0.6 is 0 Å². The highest BCUT2D eigenvalue weighted by atomic mass is 16.5. The zero-order valence-corrected chi connectivity index (χ0v) is 11.8. The Morgan fingerprint density at radius 3 is 2.55 bits per heavy atom. The van der Waals surface area contributed by atoms with E-state index in [9.17, 15) is 0 Å². The van der Waals surface area contributed by atoms with Gasteiger partial charge >= 0.3 is 0 Å². The summed E-state index contributed by atoms with van der Waals surface area (Å²) in [4.78, 5) is 4.20. The van der Waals surface area contributed by atoms with Crippen LogP contribution < -0.4 is 4.74 Å². The van der Waals surface area contributed by atoms with Crippen LogP contribution in [-0.2, 0) is 6.61 Å². The molecule has 2 aromatic carbocycles. The fraction of sp³-hybridized carbons (Fsp3) is 0.167. The monoisotopic (exact) mass is 263 g/mol. The Balaban J connectivity index is 1.90. The molecule has 0 aliphatic heterocycles. The van der Waals surface area contributed by atoms with E-state index < -0.39 is 0 Å². The largest absolute Gasteiger partial charge is 0.488 e. The Bertz CT molecular complexity index is 749. The van der Waals surface area contributed by atoms with Crippen LogP contribution in [0.5, 0.6) is 5.75 Å². The van der Waals surface area contributed by atoms with E-state index in [-0.39, 0.29) is 0 Å². The molecular weight excluding hydrogens is 246 g/mol. The summed E-state index contributed by atoms with van der Waals surface area (Å²) in [6, 6.07) is 16.5. The SMILES string of the molecule is Cc1cc(COc2ccc(C)c3ccccc23)ccn1. The molecule has 1 aromatic heterocycles. The van der Waals surface area contributed by atoms with Gasteiger partial charge in [-0.1, -0.05) is 30.3 Å². The normalized spacial score (nSPS) is 10.7. The third kappa shape index (κ3) is 2.50. The highest BCUT2D eigenvalue weighted by Crippen LogP contribution is 2.28. The van der Waals surface area contributed by atoms with E-state index in [2.05, 4.69) is 42.2 Å². The topological polar surface area (TPSA) is 22.1 Å². The molecule has 1 heterocycles. The highest BCUT2D eigenvalue weighted by molar-refractivity contribution is 5.90. The third-order valence-electron chi connectivity index (χ3n) is 3.46. The Kier molecular flexibility index (Phi) is 3.38. The van der Waals surface area contributed by atoms with Crippen LogP contribution in [-0.4, -0.2) is 4.98 Å². The van der Waals surface area contributed by atoms with Crippen molar-refractivity contribution in [3.8, 4) is 5.75 Å². The van der Waals surface area contributed by atoms with Gasteiger partial charge in [-0.2, -0.15) is 0 Å². The number of nitrogens with zero attached hydrogens (tertiary/aromatic N) is 1. The number of pyridine rings is 1. The molecule has 2 heteroatoms. The van der Waals surface area contributed by atoms with Gasteiger partial charge in [0, 0.05) is 17.3 Å². The van der Waals surface area contributed by atoms with Crippen LogP contribution in [0.2, 0.25) is 0 Å². The van der Waals surface area contributed by atoms with Crippen LogP contribution in [0.15, 0.2) is 54.7 Å². The highest BCUT2D eigenvalue weighted by Gasteiger charge is 2.04. The average Bonchev–Trinajstić information content (AvgIpc) is 2.47. The van der Waals surface area contributed by atoms with E-state index in [0.717, 1.165) is 17.0 Å². The number of hydrogen-bond donors (Lipinski definition) is 0. The Morgan fingerprint density at radius 2 is 1.75 bits per heavy atom. The number of aryl methyl sites for hydroxylation is 2. The molecule has 20 heavy (non-hydrogen) atoms. The number of fused-ring (bicyclic) bond motifs is 1. The lowest BCUT2D eigenvalue weighted by Crippen LogP contribution is -1.97. The summed E-state index contributed by atoms with van der Waals surface area (Å²) >= 11 is 0. The first-order valence-electron chi connectivity index (χ1n) is 6.77. The lowest BCUT2D eigenvalue weighted by molar-refractivity contribution is 0.310. The lowest BCUT2D eigenvalue weighted by Gasteiger charge is -2.11. The van der Waals surface area contributed by atoms with Crippen LogP contribution in [0.25, 0.3) is 10.8 Å². The molecule has 0 N–H and O–H groups in total. The number of aromatic nitrogens is 1. The van der Waals surface area contributed by atoms with Crippen molar-refractivity contribution in [1.29, 1.82) is 0 Å². The van der Waals surface area contributed by atoms with E-state index in [4.69, 9.17) is 4.74 Å². The van der Waals surface area contributed by atoms with Crippen LogP contribution in [0, 0.1) is 13.8 Å². The minimum absolute atomic E-state index is 0.566. The number of rotatable bonds is 3. The molecule has 0 amide bonds. The van der Waals surface area contributed by atoms with Gasteiger partial charge in [0.05, 0.1) is 0 Å². The van der Waals surface area contributed by atoms with Gasteiger partial charge in [-0.15, -0.1) is 0 Å². The lowest BCUT2D eigenvalue weighted by atomic mass is 10.0. The van der Waals surface area contributed by atoms with Crippen molar-refractivity contribution in [2.24, 2.45) is 0 Å². The molecule has 0 aliphatic rings. The van der Waals surface area contributed by atoms with Gasteiger partial charge in [0.1, 0.15) is 12.4 Å². The van der Waals surface area contributed by atoms with Gasteiger partial charge in [-0.3, -0.25) is 4.98 Å². The maximum Gasteiger partial charge on any atom is 0.127 e. The predicted octanol–water partition coefficient (Wildman–Crippen LogP) is 4.43. The van der Waals surface area contributed by atoms with Gasteiger partial charge < -0.3 is 4.74 Å². The fourth-order valence-corrected chi connectivity index (χ4v) is 2.40. The van der Waals surface area contributed by atoms with Gasteiger partial charge in [-0.05, 0) is 48.6 Å². The second-order valence-electron chi connectivity index (χ2n) is 5.02. The number of ether oxygens (including phenoxy) is 1. The van der Waals surface area contributed by atoms with Gasteiger partial charge in [-0.25, -0.2) is 0 Å². The van der Waals surface area contributed by atoms with E-state index in [1.54, 1.807) is 0 Å². The molecule has 0 atom stereocenters. The molecule has 0 spiro atoms. The number of benzene rings is 2. The predicted molar refractivity (Wildman–Crippen MR) is 82.0 cm³/mol. The zero-order valence-electron chi connectivity index (χ0n) is 11.8. The van der Waals surface area contributed by atoms with Crippen LogP contribution in [0.1, 0.15) is 16.8 Å². The van der Waals surface area contributed by atoms with Crippen molar-refractivity contribution in [3.63, 3.8) is 0 Å². The second-order valence-corrected chi connectivity index (χ2v) is 5.02. The summed E-state index contributed by atoms with van der Waals surface area (Å²) < 4.78 is 5.99.